The minimum Gasteiger partial charge on any atom is -0.505 e. The Kier molecular flexibility index (Phi) is 2.98. The van der Waals surface area contributed by atoms with Crippen LogP contribution in [-0.4, -0.2) is 5.11 Å². The number of hydrogen-bond acceptors (Lipinski definition) is 2. The first-order valence-corrected chi connectivity index (χ1v) is 5.82. The Hall–Kier alpha value is -0.610. The van der Waals surface area contributed by atoms with Gasteiger partial charge in [-0.1, -0.05) is 22.4 Å². The van der Waals surface area contributed by atoms with E-state index < -0.39 is 5.82 Å². The maximum atomic E-state index is 13.3. The third kappa shape index (κ3) is 2.01. The lowest BCUT2D eigenvalue weighted by Gasteiger charge is -2.31. The summed E-state index contributed by atoms with van der Waals surface area (Å²) in [5.74, 6) is -0.545. The van der Waals surface area contributed by atoms with Gasteiger partial charge in [0.1, 0.15) is 0 Å². The van der Waals surface area contributed by atoms with Crippen molar-refractivity contribution in [2.24, 2.45) is 11.7 Å². The number of rotatable bonds is 2. The van der Waals surface area contributed by atoms with Crippen LogP contribution in [0.2, 0.25) is 0 Å². The molecule has 0 saturated heterocycles. The largest absolute Gasteiger partial charge is 0.505 e. The lowest BCUT2D eigenvalue weighted by molar-refractivity contribution is 0.259. The minimum atomic E-state index is -0.617. The number of hydrogen-bond donors (Lipinski definition) is 2. The molecule has 1 aromatic carbocycles. The Morgan fingerprint density at radius 1 is 1.47 bits per heavy atom. The Morgan fingerprint density at radius 3 is 2.67 bits per heavy atom. The molecule has 1 aliphatic rings. The monoisotopic (exact) mass is 273 g/mol. The average molecular weight is 274 g/mol. The van der Waals surface area contributed by atoms with Gasteiger partial charge in [-0.3, -0.25) is 0 Å². The molecule has 4 heteroatoms. The average Bonchev–Trinajstić information content (AvgIpc) is 2.08. The van der Waals surface area contributed by atoms with E-state index in [1.54, 1.807) is 6.07 Å². The van der Waals surface area contributed by atoms with Crippen LogP contribution < -0.4 is 5.73 Å². The fourth-order valence-electron chi connectivity index (χ4n) is 1.89. The first-order chi connectivity index (χ1) is 7.09. The van der Waals surface area contributed by atoms with Crippen LogP contribution >= 0.6 is 15.9 Å². The van der Waals surface area contributed by atoms with Gasteiger partial charge < -0.3 is 10.8 Å². The number of phenols is 1. The van der Waals surface area contributed by atoms with Gasteiger partial charge >= 0.3 is 0 Å². The summed E-state index contributed by atoms with van der Waals surface area (Å²) in [6.45, 7) is 0. The summed E-state index contributed by atoms with van der Waals surface area (Å²) in [4.78, 5) is 0. The highest BCUT2D eigenvalue weighted by Gasteiger charge is 2.28. The third-order valence-electron chi connectivity index (χ3n) is 3.07. The van der Waals surface area contributed by atoms with Crippen LogP contribution in [0.4, 0.5) is 4.39 Å². The molecule has 3 N–H and O–H groups in total. The molecular formula is C11H13BrFNO. The summed E-state index contributed by atoms with van der Waals surface area (Å²) >= 11 is 3.20. The van der Waals surface area contributed by atoms with Gasteiger partial charge in [0.05, 0.1) is 0 Å². The minimum absolute atomic E-state index is 0.259. The molecule has 0 amide bonds. The molecule has 1 fully saturated rings. The summed E-state index contributed by atoms with van der Waals surface area (Å²) in [6, 6.07) is 2.68. The predicted molar refractivity (Wildman–Crippen MR) is 60.0 cm³/mol. The second-order valence-electron chi connectivity index (χ2n) is 4.04. The summed E-state index contributed by atoms with van der Waals surface area (Å²) < 4.78 is 13.9. The molecule has 1 aliphatic carbocycles. The molecule has 15 heavy (non-hydrogen) atoms. The van der Waals surface area contributed by atoms with Crippen molar-refractivity contribution in [3.63, 3.8) is 0 Å². The number of benzene rings is 1. The molecule has 0 spiro atoms. The van der Waals surface area contributed by atoms with Gasteiger partial charge in [0.25, 0.3) is 0 Å². The Morgan fingerprint density at radius 2 is 2.13 bits per heavy atom. The Labute approximate surface area is 96.4 Å². The summed E-state index contributed by atoms with van der Waals surface area (Å²) in [5, 5.41) is 9.59. The van der Waals surface area contributed by atoms with Crippen LogP contribution in [-0.2, 0) is 0 Å². The number of halogens is 2. The van der Waals surface area contributed by atoms with Crippen molar-refractivity contribution in [2.45, 2.75) is 25.3 Å². The first kappa shape index (κ1) is 10.9. The van der Waals surface area contributed by atoms with Crippen LogP contribution in [0.25, 0.3) is 0 Å². The third-order valence-corrected chi connectivity index (χ3v) is 3.53. The Balaban J connectivity index is 2.33. The quantitative estimate of drug-likeness (QED) is 0.870. The fraction of sp³-hybridized carbons (Fsp3) is 0.455. The van der Waals surface area contributed by atoms with E-state index in [1.807, 2.05) is 0 Å². The maximum Gasteiger partial charge on any atom is 0.166 e. The van der Waals surface area contributed by atoms with E-state index in [9.17, 15) is 9.50 Å². The standard InChI is InChI=1S/C11H13BrFNO/c12-7-4-8(11(15)9(13)5-7)10(14)6-2-1-3-6/h4-6,10,15H,1-3,14H2/t10-/m1/s1. The lowest BCUT2D eigenvalue weighted by Crippen LogP contribution is -2.27. The highest BCUT2D eigenvalue weighted by molar-refractivity contribution is 9.10. The van der Waals surface area contributed by atoms with E-state index in [2.05, 4.69) is 15.9 Å². The highest BCUT2D eigenvalue weighted by Crippen LogP contribution is 2.40. The predicted octanol–water partition coefficient (Wildman–Crippen LogP) is 3.09. The molecule has 0 heterocycles. The number of nitrogens with two attached hydrogens (primary N) is 1. The van der Waals surface area contributed by atoms with Crippen LogP contribution in [0.1, 0.15) is 30.9 Å². The molecule has 0 radical (unpaired) electrons. The van der Waals surface area contributed by atoms with Gasteiger partial charge in [-0.05, 0) is 30.9 Å². The zero-order valence-electron chi connectivity index (χ0n) is 8.21. The molecule has 82 valence electrons. The van der Waals surface area contributed by atoms with Gasteiger partial charge in [-0.25, -0.2) is 4.39 Å². The smallest absolute Gasteiger partial charge is 0.166 e. The summed E-state index contributed by atoms with van der Waals surface area (Å²) in [5.41, 5.74) is 6.50. The van der Waals surface area contributed by atoms with E-state index in [0.29, 0.717) is 16.0 Å². The number of aromatic hydroxyl groups is 1. The highest BCUT2D eigenvalue weighted by atomic mass is 79.9. The van der Waals surface area contributed by atoms with Crippen LogP contribution in [0.3, 0.4) is 0 Å². The van der Waals surface area contributed by atoms with Gasteiger partial charge in [0.2, 0.25) is 0 Å². The van der Waals surface area contributed by atoms with Crippen molar-refractivity contribution in [1.29, 1.82) is 0 Å². The fourth-order valence-corrected chi connectivity index (χ4v) is 2.34. The van der Waals surface area contributed by atoms with Crippen LogP contribution in [0.15, 0.2) is 16.6 Å². The van der Waals surface area contributed by atoms with Crippen molar-refractivity contribution in [3.8, 4) is 5.75 Å². The van der Waals surface area contributed by atoms with Crippen molar-refractivity contribution in [3.05, 3.63) is 28.0 Å². The zero-order valence-corrected chi connectivity index (χ0v) is 9.80. The molecule has 0 aromatic heterocycles. The molecule has 2 rings (SSSR count). The molecule has 1 atom stereocenters. The molecule has 1 saturated carbocycles. The van der Waals surface area contributed by atoms with Crippen molar-refractivity contribution >= 4 is 15.9 Å². The second-order valence-corrected chi connectivity index (χ2v) is 4.96. The zero-order chi connectivity index (χ0) is 11.0. The summed E-state index contributed by atoms with van der Waals surface area (Å²) in [7, 11) is 0. The van der Waals surface area contributed by atoms with Crippen molar-refractivity contribution < 1.29 is 9.50 Å². The van der Waals surface area contributed by atoms with Crippen LogP contribution in [0, 0.1) is 11.7 Å². The lowest BCUT2D eigenvalue weighted by atomic mass is 9.77. The van der Waals surface area contributed by atoms with E-state index in [-0.39, 0.29) is 11.8 Å². The van der Waals surface area contributed by atoms with Gasteiger partial charge in [0.15, 0.2) is 11.6 Å². The molecule has 0 aliphatic heterocycles. The van der Waals surface area contributed by atoms with Crippen molar-refractivity contribution in [2.75, 3.05) is 0 Å². The van der Waals surface area contributed by atoms with E-state index in [1.165, 1.54) is 12.5 Å². The molecule has 2 nitrogen and oxygen atoms in total. The normalized spacial score (nSPS) is 18.6. The van der Waals surface area contributed by atoms with E-state index in [0.717, 1.165) is 12.8 Å². The van der Waals surface area contributed by atoms with Gasteiger partial charge in [0, 0.05) is 16.1 Å². The Bertz CT molecular complexity index is 379. The molecule has 0 bridgehead atoms. The first-order valence-electron chi connectivity index (χ1n) is 5.03. The van der Waals surface area contributed by atoms with E-state index >= 15 is 0 Å². The van der Waals surface area contributed by atoms with Crippen LogP contribution in [0.5, 0.6) is 5.75 Å². The topological polar surface area (TPSA) is 46.2 Å². The molecule has 0 unspecified atom stereocenters. The van der Waals surface area contributed by atoms with Gasteiger partial charge in [-0.2, -0.15) is 0 Å². The van der Waals surface area contributed by atoms with Crippen molar-refractivity contribution in [1.82, 2.24) is 0 Å². The van der Waals surface area contributed by atoms with Gasteiger partial charge in [-0.15, -0.1) is 0 Å². The summed E-state index contributed by atoms with van der Waals surface area (Å²) in [6.07, 6.45) is 3.30. The molecule has 1 aromatic rings. The second kappa shape index (κ2) is 4.10. The van der Waals surface area contributed by atoms with E-state index in [4.69, 9.17) is 5.73 Å². The SMILES string of the molecule is N[C@@H](c1cc(Br)cc(F)c1O)C1CCC1. The molecular weight excluding hydrogens is 261 g/mol. The maximum absolute atomic E-state index is 13.3. The number of phenolic OH excluding ortho intramolecular Hbond substituents is 1.